The molecule has 1 unspecified atom stereocenters. The lowest BCUT2D eigenvalue weighted by atomic mass is 10.2. The standard InChI is InChI=1S/C13H18N4O/c1-3-14-9(2)7-13(18)16-11-5-4-6-12-10(11)8-15-17-12/h4-6,8-9,14H,3,7H2,1-2H3,(H,15,17)(H,16,18). The summed E-state index contributed by atoms with van der Waals surface area (Å²) < 4.78 is 0. The van der Waals surface area contributed by atoms with Crippen LogP contribution in [0, 0.1) is 0 Å². The zero-order valence-electron chi connectivity index (χ0n) is 10.7. The predicted molar refractivity (Wildman–Crippen MR) is 72.5 cm³/mol. The van der Waals surface area contributed by atoms with Crippen LogP contribution in [-0.4, -0.2) is 28.7 Å². The van der Waals surface area contributed by atoms with Gasteiger partial charge >= 0.3 is 0 Å². The first kappa shape index (κ1) is 12.6. The first-order valence-corrected chi connectivity index (χ1v) is 6.16. The maximum atomic E-state index is 11.9. The van der Waals surface area contributed by atoms with Crippen LogP contribution in [0.2, 0.25) is 0 Å². The molecule has 1 aromatic carbocycles. The van der Waals surface area contributed by atoms with Gasteiger partial charge in [0.05, 0.1) is 17.4 Å². The fraction of sp³-hybridized carbons (Fsp3) is 0.385. The van der Waals surface area contributed by atoms with Gasteiger partial charge in [-0.2, -0.15) is 5.10 Å². The maximum Gasteiger partial charge on any atom is 0.225 e. The van der Waals surface area contributed by atoms with Crippen LogP contribution in [0.5, 0.6) is 0 Å². The molecular weight excluding hydrogens is 228 g/mol. The number of carbonyl (C=O) groups is 1. The van der Waals surface area contributed by atoms with Crippen molar-refractivity contribution in [2.24, 2.45) is 0 Å². The summed E-state index contributed by atoms with van der Waals surface area (Å²) in [6.07, 6.45) is 2.18. The molecule has 0 aliphatic rings. The average molecular weight is 246 g/mol. The highest BCUT2D eigenvalue weighted by Gasteiger charge is 2.10. The van der Waals surface area contributed by atoms with Gasteiger partial charge in [0.25, 0.3) is 0 Å². The van der Waals surface area contributed by atoms with E-state index in [1.54, 1.807) is 6.20 Å². The fourth-order valence-electron chi connectivity index (χ4n) is 1.98. The molecule has 2 aromatic rings. The second-order valence-electron chi connectivity index (χ2n) is 4.35. The number of benzene rings is 1. The number of aromatic nitrogens is 2. The summed E-state index contributed by atoms with van der Waals surface area (Å²) in [4.78, 5) is 11.9. The largest absolute Gasteiger partial charge is 0.325 e. The molecule has 0 saturated heterocycles. The van der Waals surface area contributed by atoms with Crippen LogP contribution in [0.3, 0.4) is 0 Å². The third-order valence-corrected chi connectivity index (χ3v) is 2.80. The highest BCUT2D eigenvalue weighted by Crippen LogP contribution is 2.21. The van der Waals surface area contributed by atoms with Gasteiger partial charge in [-0.1, -0.05) is 13.0 Å². The Morgan fingerprint density at radius 2 is 2.33 bits per heavy atom. The molecule has 5 nitrogen and oxygen atoms in total. The molecule has 96 valence electrons. The van der Waals surface area contributed by atoms with Crippen molar-refractivity contribution < 1.29 is 4.79 Å². The first-order chi connectivity index (χ1) is 8.70. The number of nitrogens with zero attached hydrogens (tertiary/aromatic N) is 1. The number of hydrogen-bond donors (Lipinski definition) is 3. The number of carbonyl (C=O) groups excluding carboxylic acids is 1. The van der Waals surface area contributed by atoms with E-state index in [4.69, 9.17) is 0 Å². The highest BCUT2D eigenvalue weighted by atomic mass is 16.1. The molecule has 5 heteroatoms. The van der Waals surface area contributed by atoms with Crippen LogP contribution in [0.25, 0.3) is 10.9 Å². The Balaban J connectivity index is 2.05. The lowest BCUT2D eigenvalue weighted by molar-refractivity contribution is -0.116. The molecular formula is C13H18N4O. The van der Waals surface area contributed by atoms with Gasteiger partial charge in [0.15, 0.2) is 0 Å². The summed E-state index contributed by atoms with van der Waals surface area (Å²) in [5.74, 6) is 0.0113. The zero-order valence-corrected chi connectivity index (χ0v) is 10.7. The summed E-state index contributed by atoms with van der Waals surface area (Å²) in [5, 5.41) is 13.9. The van der Waals surface area contributed by atoms with E-state index in [1.807, 2.05) is 32.0 Å². The summed E-state index contributed by atoms with van der Waals surface area (Å²) in [6.45, 7) is 4.90. The van der Waals surface area contributed by atoms with Crippen molar-refractivity contribution in [3.8, 4) is 0 Å². The number of hydrogen-bond acceptors (Lipinski definition) is 3. The lowest BCUT2D eigenvalue weighted by Crippen LogP contribution is -2.30. The number of rotatable bonds is 5. The maximum absolute atomic E-state index is 11.9. The van der Waals surface area contributed by atoms with Crippen molar-refractivity contribution in [2.45, 2.75) is 26.3 Å². The predicted octanol–water partition coefficient (Wildman–Crippen LogP) is 1.89. The summed E-state index contributed by atoms with van der Waals surface area (Å²) in [7, 11) is 0. The summed E-state index contributed by atoms with van der Waals surface area (Å²) in [5.41, 5.74) is 1.72. The van der Waals surface area contributed by atoms with Crippen molar-refractivity contribution in [3.63, 3.8) is 0 Å². The molecule has 0 spiro atoms. The van der Waals surface area contributed by atoms with E-state index < -0.39 is 0 Å². The smallest absolute Gasteiger partial charge is 0.225 e. The van der Waals surface area contributed by atoms with E-state index in [-0.39, 0.29) is 11.9 Å². The molecule has 1 amide bonds. The molecule has 0 aliphatic carbocycles. The van der Waals surface area contributed by atoms with Gasteiger partial charge in [0.2, 0.25) is 5.91 Å². The third-order valence-electron chi connectivity index (χ3n) is 2.80. The minimum absolute atomic E-state index is 0.0113. The second-order valence-corrected chi connectivity index (χ2v) is 4.35. The van der Waals surface area contributed by atoms with Crippen molar-refractivity contribution in [1.29, 1.82) is 0 Å². The molecule has 1 atom stereocenters. The average Bonchev–Trinajstić information content (AvgIpc) is 2.78. The number of amides is 1. The SMILES string of the molecule is CCNC(C)CC(=O)Nc1cccc2[nH]ncc12. The zero-order chi connectivity index (χ0) is 13.0. The highest BCUT2D eigenvalue weighted by molar-refractivity contribution is 6.00. The van der Waals surface area contributed by atoms with E-state index in [2.05, 4.69) is 20.8 Å². The molecule has 0 aliphatic heterocycles. The number of anilines is 1. The first-order valence-electron chi connectivity index (χ1n) is 6.16. The lowest BCUT2D eigenvalue weighted by Gasteiger charge is -2.12. The van der Waals surface area contributed by atoms with Crippen molar-refractivity contribution in [2.75, 3.05) is 11.9 Å². The minimum atomic E-state index is 0.0113. The molecule has 0 radical (unpaired) electrons. The molecule has 3 N–H and O–H groups in total. The van der Waals surface area contributed by atoms with Crippen LogP contribution in [0.15, 0.2) is 24.4 Å². The van der Waals surface area contributed by atoms with E-state index in [0.717, 1.165) is 23.1 Å². The quantitative estimate of drug-likeness (QED) is 0.754. The van der Waals surface area contributed by atoms with E-state index in [9.17, 15) is 4.79 Å². The van der Waals surface area contributed by atoms with Crippen molar-refractivity contribution in [3.05, 3.63) is 24.4 Å². The molecule has 0 fully saturated rings. The Morgan fingerprint density at radius 3 is 3.11 bits per heavy atom. The number of fused-ring (bicyclic) bond motifs is 1. The van der Waals surface area contributed by atoms with Gasteiger partial charge in [0, 0.05) is 17.8 Å². The third kappa shape index (κ3) is 2.87. The molecule has 18 heavy (non-hydrogen) atoms. The number of H-pyrrole nitrogens is 1. The van der Waals surface area contributed by atoms with Crippen LogP contribution in [0.4, 0.5) is 5.69 Å². The molecule has 1 heterocycles. The van der Waals surface area contributed by atoms with E-state index in [0.29, 0.717) is 6.42 Å². The van der Waals surface area contributed by atoms with E-state index >= 15 is 0 Å². The van der Waals surface area contributed by atoms with Gasteiger partial charge in [-0.3, -0.25) is 9.89 Å². The van der Waals surface area contributed by atoms with Crippen LogP contribution in [0.1, 0.15) is 20.3 Å². The Hall–Kier alpha value is -1.88. The Kier molecular flexibility index (Phi) is 3.94. The van der Waals surface area contributed by atoms with E-state index in [1.165, 1.54) is 0 Å². The normalized spacial score (nSPS) is 12.6. The van der Waals surface area contributed by atoms with Gasteiger partial charge in [0.1, 0.15) is 0 Å². The Labute approximate surface area is 106 Å². The topological polar surface area (TPSA) is 69.8 Å². The summed E-state index contributed by atoms with van der Waals surface area (Å²) >= 11 is 0. The van der Waals surface area contributed by atoms with Crippen molar-refractivity contribution in [1.82, 2.24) is 15.5 Å². The fourth-order valence-corrected chi connectivity index (χ4v) is 1.98. The number of nitrogens with one attached hydrogen (secondary N) is 3. The van der Waals surface area contributed by atoms with Crippen molar-refractivity contribution >= 4 is 22.5 Å². The van der Waals surface area contributed by atoms with Gasteiger partial charge in [-0.25, -0.2) is 0 Å². The monoisotopic (exact) mass is 246 g/mol. The molecule has 2 rings (SSSR count). The van der Waals surface area contributed by atoms with Crippen LogP contribution in [-0.2, 0) is 4.79 Å². The van der Waals surface area contributed by atoms with Crippen LogP contribution < -0.4 is 10.6 Å². The van der Waals surface area contributed by atoms with Gasteiger partial charge in [-0.05, 0) is 25.6 Å². The Bertz CT molecular complexity index is 535. The number of aromatic amines is 1. The second kappa shape index (κ2) is 5.64. The minimum Gasteiger partial charge on any atom is -0.325 e. The molecule has 0 saturated carbocycles. The van der Waals surface area contributed by atoms with Crippen LogP contribution >= 0.6 is 0 Å². The van der Waals surface area contributed by atoms with Gasteiger partial charge < -0.3 is 10.6 Å². The van der Waals surface area contributed by atoms with Gasteiger partial charge in [-0.15, -0.1) is 0 Å². The summed E-state index contributed by atoms with van der Waals surface area (Å²) in [6, 6.07) is 5.88. The molecule has 1 aromatic heterocycles. The molecule has 0 bridgehead atoms. The Morgan fingerprint density at radius 1 is 1.50 bits per heavy atom.